The Morgan fingerprint density at radius 1 is 1.39 bits per heavy atom. The molecule has 8 heteroatoms. The van der Waals surface area contributed by atoms with Crippen LogP contribution in [0, 0.1) is 5.92 Å². The molecule has 18 heavy (non-hydrogen) atoms. The van der Waals surface area contributed by atoms with Gasteiger partial charge in [-0.05, 0) is 31.4 Å². The van der Waals surface area contributed by atoms with Crippen LogP contribution < -0.4 is 9.44 Å². The second-order valence-corrected chi connectivity index (χ2v) is 6.69. The normalized spacial score (nSPS) is 13.4. The molecule has 108 valence electrons. The van der Waals surface area contributed by atoms with Crippen LogP contribution in [0.4, 0.5) is 0 Å². The molecular weight excluding hydrogens is 276 g/mol. The molecule has 0 fully saturated rings. The third-order valence-electron chi connectivity index (χ3n) is 2.44. The number of sulfonamides is 1. The molecule has 0 rings (SSSR count). The van der Waals surface area contributed by atoms with E-state index in [0.717, 1.165) is 19.2 Å². The lowest BCUT2D eigenvalue weighted by Gasteiger charge is -2.16. The maximum absolute atomic E-state index is 11.0. The third-order valence-corrected chi connectivity index (χ3v) is 3.62. The molecule has 1 unspecified atom stereocenters. The van der Waals surface area contributed by atoms with Crippen molar-refractivity contribution in [3.63, 3.8) is 0 Å². The molecule has 0 spiro atoms. The fourth-order valence-electron chi connectivity index (χ4n) is 1.52. The maximum atomic E-state index is 11.0. The van der Waals surface area contributed by atoms with E-state index in [1.807, 2.05) is 6.26 Å². The smallest absolute Gasteiger partial charge is 0.303 e. The van der Waals surface area contributed by atoms with Crippen LogP contribution in [-0.2, 0) is 14.8 Å². The summed E-state index contributed by atoms with van der Waals surface area (Å²) in [6.07, 6.45) is 5.29. The fourth-order valence-corrected chi connectivity index (χ4v) is 2.39. The first kappa shape index (κ1) is 17.7. The highest BCUT2D eigenvalue weighted by atomic mass is 32.2. The van der Waals surface area contributed by atoms with Crippen molar-refractivity contribution in [2.45, 2.75) is 25.7 Å². The Morgan fingerprint density at radius 2 is 2.06 bits per heavy atom. The molecule has 0 aliphatic heterocycles. The number of hydrogen-bond donors (Lipinski definition) is 3. The van der Waals surface area contributed by atoms with Crippen molar-refractivity contribution >= 4 is 27.9 Å². The molecule has 1 atom stereocenters. The topological polar surface area (TPSA) is 95.5 Å². The molecule has 0 saturated heterocycles. The zero-order valence-corrected chi connectivity index (χ0v) is 12.4. The molecular formula is C10H22N2O4S2. The van der Waals surface area contributed by atoms with Gasteiger partial charge in [-0.15, -0.1) is 0 Å². The van der Waals surface area contributed by atoms with E-state index in [0.29, 0.717) is 19.4 Å². The van der Waals surface area contributed by atoms with Crippen LogP contribution in [-0.4, -0.2) is 45.1 Å². The molecule has 0 aromatic carbocycles. The Balaban J connectivity index is 4.02. The molecule has 0 aromatic rings. The summed E-state index contributed by atoms with van der Waals surface area (Å²) in [5.74, 6) is -0.647. The van der Waals surface area contributed by atoms with Crippen molar-refractivity contribution in [3.05, 3.63) is 0 Å². The lowest BCUT2D eigenvalue weighted by atomic mass is 9.99. The van der Waals surface area contributed by atoms with Gasteiger partial charge in [-0.2, -0.15) is 0 Å². The number of nitrogens with one attached hydrogen (secondary N) is 2. The summed E-state index contributed by atoms with van der Waals surface area (Å²) in [5.41, 5.74) is 0. The minimum absolute atomic E-state index is 0.130. The molecule has 0 heterocycles. The van der Waals surface area contributed by atoms with Gasteiger partial charge in [-0.3, -0.25) is 9.52 Å². The number of rotatable bonds is 11. The molecule has 0 aromatic heterocycles. The largest absolute Gasteiger partial charge is 0.481 e. The minimum atomic E-state index is -3.18. The van der Waals surface area contributed by atoms with Gasteiger partial charge in [0.2, 0.25) is 10.0 Å². The predicted molar refractivity (Wildman–Crippen MR) is 74.0 cm³/mol. The Labute approximate surface area is 113 Å². The van der Waals surface area contributed by atoms with Gasteiger partial charge >= 0.3 is 5.97 Å². The fraction of sp³-hybridized carbons (Fsp3) is 0.900. The molecule has 0 bridgehead atoms. The van der Waals surface area contributed by atoms with E-state index in [1.165, 1.54) is 11.9 Å². The van der Waals surface area contributed by atoms with Gasteiger partial charge in [0.25, 0.3) is 0 Å². The Hall–Kier alpha value is -0.310. The summed E-state index contributed by atoms with van der Waals surface area (Å²) >= 11 is 1.51. The second-order valence-electron chi connectivity index (χ2n) is 4.16. The lowest BCUT2D eigenvalue weighted by molar-refractivity contribution is -0.137. The monoisotopic (exact) mass is 298 g/mol. The van der Waals surface area contributed by atoms with Crippen molar-refractivity contribution in [2.24, 2.45) is 5.92 Å². The van der Waals surface area contributed by atoms with E-state index in [4.69, 9.17) is 5.11 Å². The van der Waals surface area contributed by atoms with E-state index in [-0.39, 0.29) is 12.3 Å². The van der Waals surface area contributed by atoms with Gasteiger partial charge in [-0.1, -0.05) is 11.9 Å². The Kier molecular flexibility index (Phi) is 9.43. The van der Waals surface area contributed by atoms with Gasteiger partial charge in [0.05, 0.1) is 6.26 Å². The average Bonchev–Trinajstić information content (AvgIpc) is 2.23. The maximum Gasteiger partial charge on any atom is 0.303 e. The first-order chi connectivity index (χ1) is 8.35. The van der Waals surface area contributed by atoms with Crippen LogP contribution in [0.25, 0.3) is 0 Å². The minimum Gasteiger partial charge on any atom is -0.481 e. The van der Waals surface area contributed by atoms with Crippen LogP contribution in [0.1, 0.15) is 25.7 Å². The van der Waals surface area contributed by atoms with Crippen LogP contribution in [0.5, 0.6) is 0 Å². The van der Waals surface area contributed by atoms with E-state index >= 15 is 0 Å². The van der Waals surface area contributed by atoms with Crippen LogP contribution in [0.15, 0.2) is 0 Å². The van der Waals surface area contributed by atoms with E-state index in [1.54, 1.807) is 0 Å². The van der Waals surface area contributed by atoms with Crippen molar-refractivity contribution in [3.8, 4) is 0 Å². The molecule has 6 nitrogen and oxygen atoms in total. The number of carboxylic acids is 1. The average molecular weight is 298 g/mol. The standard InChI is InChI=1S/C10H22N2O4S2/c1-17-11-7-6-9(4-3-5-10(13)14)8-12-18(2,15)16/h9,11-12H,3-8H2,1-2H3,(H,13,14). The first-order valence-corrected chi connectivity index (χ1v) is 8.89. The van der Waals surface area contributed by atoms with Gasteiger partial charge < -0.3 is 5.11 Å². The molecule has 0 aliphatic carbocycles. The van der Waals surface area contributed by atoms with E-state index < -0.39 is 16.0 Å². The van der Waals surface area contributed by atoms with Crippen LogP contribution >= 0.6 is 11.9 Å². The van der Waals surface area contributed by atoms with Gasteiger partial charge in [0.15, 0.2) is 0 Å². The highest BCUT2D eigenvalue weighted by Gasteiger charge is 2.12. The second kappa shape index (κ2) is 9.60. The summed E-state index contributed by atoms with van der Waals surface area (Å²) in [4.78, 5) is 10.4. The number of aliphatic carboxylic acids is 1. The SMILES string of the molecule is CSNCCC(CCCC(=O)O)CNS(C)(=O)=O. The van der Waals surface area contributed by atoms with Gasteiger partial charge in [0.1, 0.15) is 0 Å². The van der Waals surface area contributed by atoms with E-state index in [9.17, 15) is 13.2 Å². The van der Waals surface area contributed by atoms with Crippen molar-refractivity contribution in [1.29, 1.82) is 0 Å². The zero-order valence-electron chi connectivity index (χ0n) is 10.8. The zero-order chi connectivity index (χ0) is 14.0. The lowest BCUT2D eigenvalue weighted by Crippen LogP contribution is -2.29. The molecule has 0 aliphatic rings. The Bertz CT molecular complexity index is 333. The highest BCUT2D eigenvalue weighted by molar-refractivity contribution is 7.96. The van der Waals surface area contributed by atoms with Gasteiger partial charge in [-0.25, -0.2) is 13.1 Å². The molecule has 0 radical (unpaired) electrons. The summed E-state index contributed by atoms with van der Waals surface area (Å²) in [6.45, 7) is 1.15. The first-order valence-electron chi connectivity index (χ1n) is 5.77. The van der Waals surface area contributed by atoms with Gasteiger partial charge in [0, 0.05) is 19.5 Å². The summed E-state index contributed by atoms with van der Waals surface area (Å²) in [6, 6.07) is 0. The summed E-state index contributed by atoms with van der Waals surface area (Å²) < 4.78 is 27.6. The summed E-state index contributed by atoms with van der Waals surface area (Å²) in [7, 11) is -3.18. The van der Waals surface area contributed by atoms with E-state index in [2.05, 4.69) is 9.44 Å². The molecule has 3 N–H and O–H groups in total. The molecule has 0 saturated carbocycles. The predicted octanol–water partition coefficient (Wildman–Crippen LogP) is 0.664. The summed E-state index contributed by atoms with van der Waals surface area (Å²) in [5, 5.41) is 8.57. The third kappa shape index (κ3) is 12.2. The number of carbonyl (C=O) groups is 1. The van der Waals surface area contributed by atoms with Crippen molar-refractivity contribution in [1.82, 2.24) is 9.44 Å². The molecule has 0 amide bonds. The van der Waals surface area contributed by atoms with Crippen LogP contribution in [0.2, 0.25) is 0 Å². The quantitative estimate of drug-likeness (QED) is 0.383. The number of hydrogen-bond acceptors (Lipinski definition) is 5. The number of carboxylic acid groups (broad SMARTS) is 1. The Morgan fingerprint density at radius 3 is 2.56 bits per heavy atom. The van der Waals surface area contributed by atoms with Crippen molar-refractivity contribution in [2.75, 3.05) is 25.6 Å². The highest BCUT2D eigenvalue weighted by Crippen LogP contribution is 2.12. The van der Waals surface area contributed by atoms with Crippen molar-refractivity contribution < 1.29 is 18.3 Å². The van der Waals surface area contributed by atoms with Crippen LogP contribution in [0.3, 0.4) is 0 Å².